The molecule has 0 fully saturated rings. The molecule has 0 saturated carbocycles. The zero-order valence-corrected chi connectivity index (χ0v) is 22.5. The van der Waals surface area contributed by atoms with Crippen molar-refractivity contribution in [2.75, 3.05) is 23.5 Å². The summed E-state index contributed by atoms with van der Waals surface area (Å²) in [4.78, 5) is 26.2. The minimum atomic E-state index is -0.964. The number of thioether (sulfide) groups is 1. The molecular weight excluding hydrogens is 515 g/mol. The number of allylic oxidation sites excluding steroid dienone is 2. The molecule has 39 heavy (non-hydrogen) atoms. The number of anilines is 2. The quantitative estimate of drug-likeness (QED) is 0.330. The molecule has 0 radical (unpaired) electrons. The van der Waals surface area contributed by atoms with Gasteiger partial charge >= 0.3 is 0 Å². The van der Waals surface area contributed by atoms with E-state index in [0.29, 0.717) is 27.9 Å². The van der Waals surface area contributed by atoms with Gasteiger partial charge in [0, 0.05) is 28.2 Å². The number of hydrogen-bond donors (Lipinski definition) is 3. The first-order valence-corrected chi connectivity index (χ1v) is 13.1. The molecule has 0 aromatic heterocycles. The normalized spacial score (nSPS) is 14.8. The van der Waals surface area contributed by atoms with Crippen molar-refractivity contribution in [3.05, 3.63) is 112 Å². The average Bonchev–Trinajstić information content (AvgIpc) is 2.93. The van der Waals surface area contributed by atoms with Gasteiger partial charge in [0.2, 0.25) is 5.91 Å². The van der Waals surface area contributed by atoms with E-state index in [-0.39, 0.29) is 28.4 Å². The van der Waals surface area contributed by atoms with Crippen LogP contribution in [0.15, 0.2) is 94.7 Å². The summed E-state index contributed by atoms with van der Waals surface area (Å²) < 4.78 is 20.2. The van der Waals surface area contributed by atoms with Crippen LogP contribution in [-0.4, -0.2) is 24.7 Å². The molecule has 1 aliphatic rings. The third kappa shape index (κ3) is 6.30. The summed E-state index contributed by atoms with van der Waals surface area (Å²) in [6.45, 7) is 3.57. The van der Waals surface area contributed by atoms with Gasteiger partial charge in [-0.2, -0.15) is 5.26 Å². The molecule has 0 aliphatic carbocycles. The highest BCUT2D eigenvalue weighted by Gasteiger charge is 2.36. The number of carbonyl (C=O) groups is 2. The van der Waals surface area contributed by atoms with E-state index in [2.05, 4.69) is 22.0 Å². The number of aryl methyl sites for hydroxylation is 1. The minimum Gasteiger partial charge on any atom is -0.497 e. The number of nitriles is 1. The lowest BCUT2D eigenvalue weighted by Crippen LogP contribution is -2.31. The Bertz CT molecular complexity index is 1510. The summed E-state index contributed by atoms with van der Waals surface area (Å²) in [6.07, 6.45) is 0. The van der Waals surface area contributed by atoms with Crippen LogP contribution in [0, 0.1) is 24.1 Å². The SMILES string of the molecule is COc1ccc(NC(=O)CSC2=C(C#N)[C@H](c3ccccc3F)C(C(=O)Nc3ccccc3C)=C(C)N2)cc1. The van der Waals surface area contributed by atoms with Gasteiger partial charge in [0.05, 0.1) is 35.5 Å². The highest BCUT2D eigenvalue weighted by molar-refractivity contribution is 8.03. The average molecular weight is 543 g/mol. The maximum Gasteiger partial charge on any atom is 0.254 e. The summed E-state index contributed by atoms with van der Waals surface area (Å²) in [5, 5.41) is 19.4. The summed E-state index contributed by atoms with van der Waals surface area (Å²) in [6, 6.07) is 22.5. The molecule has 7 nitrogen and oxygen atoms in total. The van der Waals surface area contributed by atoms with Crippen molar-refractivity contribution in [3.63, 3.8) is 0 Å². The predicted octanol–water partition coefficient (Wildman–Crippen LogP) is 5.85. The van der Waals surface area contributed by atoms with Crippen molar-refractivity contribution in [2.24, 2.45) is 0 Å². The number of benzene rings is 3. The zero-order valence-electron chi connectivity index (χ0n) is 21.7. The molecule has 1 atom stereocenters. The van der Waals surface area contributed by atoms with E-state index in [1.54, 1.807) is 62.6 Å². The van der Waals surface area contributed by atoms with E-state index in [1.165, 1.54) is 6.07 Å². The van der Waals surface area contributed by atoms with Crippen LogP contribution in [0.4, 0.5) is 15.8 Å². The van der Waals surface area contributed by atoms with Gasteiger partial charge in [-0.15, -0.1) is 0 Å². The van der Waals surface area contributed by atoms with Crippen LogP contribution >= 0.6 is 11.8 Å². The van der Waals surface area contributed by atoms with Crippen LogP contribution in [0.1, 0.15) is 24.0 Å². The Morgan fingerprint density at radius 3 is 2.38 bits per heavy atom. The van der Waals surface area contributed by atoms with Crippen LogP contribution in [-0.2, 0) is 9.59 Å². The standard InChI is InChI=1S/C30H27FN4O3S/c1-18-8-4-7-11-25(18)35-29(37)27-19(2)33-30(23(16-32)28(27)22-9-5-6-10-24(22)31)39-17-26(36)34-20-12-14-21(38-3)15-13-20/h4-15,28,33H,17H2,1-3H3,(H,34,36)(H,35,37)/t28-/m0/s1. The Morgan fingerprint density at radius 2 is 1.72 bits per heavy atom. The van der Waals surface area contributed by atoms with Gasteiger partial charge in [0.1, 0.15) is 11.6 Å². The number of nitrogens with one attached hydrogen (secondary N) is 3. The fourth-order valence-corrected chi connectivity index (χ4v) is 5.15. The van der Waals surface area contributed by atoms with Gasteiger partial charge in [-0.1, -0.05) is 48.2 Å². The Hall–Kier alpha value is -4.55. The van der Waals surface area contributed by atoms with Crippen LogP contribution in [0.5, 0.6) is 5.75 Å². The summed E-state index contributed by atoms with van der Waals surface area (Å²) >= 11 is 1.11. The second kappa shape index (κ2) is 12.3. The molecule has 2 amide bonds. The number of para-hydroxylation sites is 1. The van der Waals surface area contributed by atoms with E-state index in [4.69, 9.17) is 4.74 Å². The number of ether oxygens (including phenoxy) is 1. The fourth-order valence-electron chi connectivity index (χ4n) is 4.26. The zero-order chi connectivity index (χ0) is 27.9. The van der Waals surface area contributed by atoms with Gasteiger partial charge in [0.25, 0.3) is 5.91 Å². The number of rotatable bonds is 8. The molecule has 0 saturated heterocycles. The van der Waals surface area contributed by atoms with Gasteiger partial charge in [0.15, 0.2) is 0 Å². The molecule has 0 unspecified atom stereocenters. The first-order chi connectivity index (χ1) is 18.8. The van der Waals surface area contributed by atoms with E-state index in [0.717, 1.165) is 17.3 Å². The first-order valence-electron chi connectivity index (χ1n) is 12.1. The molecule has 1 aliphatic heterocycles. The Kier molecular flexibility index (Phi) is 8.69. The monoisotopic (exact) mass is 542 g/mol. The highest BCUT2D eigenvalue weighted by Crippen LogP contribution is 2.42. The largest absolute Gasteiger partial charge is 0.497 e. The maximum absolute atomic E-state index is 15.1. The van der Waals surface area contributed by atoms with Crippen molar-refractivity contribution < 1.29 is 18.7 Å². The first kappa shape index (κ1) is 27.5. The predicted molar refractivity (Wildman–Crippen MR) is 152 cm³/mol. The minimum absolute atomic E-state index is 0.0123. The summed E-state index contributed by atoms with van der Waals surface area (Å²) in [5.74, 6) is -1.58. The number of dihydropyridines is 1. The number of amides is 2. The lowest BCUT2D eigenvalue weighted by Gasteiger charge is -2.30. The molecule has 0 bridgehead atoms. The van der Waals surface area contributed by atoms with Crippen LogP contribution in [0.3, 0.4) is 0 Å². The topological polar surface area (TPSA) is 103 Å². The second-order valence-corrected chi connectivity index (χ2v) is 9.79. The Morgan fingerprint density at radius 1 is 1.03 bits per heavy atom. The third-order valence-electron chi connectivity index (χ3n) is 6.22. The second-order valence-electron chi connectivity index (χ2n) is 8.81. The van der Waals surface area contributed by atoms with Gasteiger partial charge < -0.3 is 20.7 Å². The maximum atomic E-state index is 15.1. The number of nitrogens with zero attached hydrogens (tertiary/aromatic N) is 1. The lowest BCUT2D eigenvalue weighted by atomic mass is 9.82. The van der Waals surface area contributed by atoms with E-state index >= 15 is 4.39 Å². The van der Waals surface area contributed by atoms with Crippen LogP contribution < -0.4 is 20.7 Å². The molecule has 0 spiro atoms. The molecule has 3 aromatic carbocycles. The van der Waals surface area contributed by atoms with E-state index in [1.807, 2.05) is 25.1 Å². The molecule has 4 rings (SSSR count). The van der Waals surface area contributed by atoms with Crippen LogP contribution in [0.25, 0.3) is 0 Å². The van der Waals surface area contributed by atoms with Crippen molar-refractivity contribution in [3.8, 4) is 11.8 Å². The Balaban J connectivity index is 1.63. The molecule has 198 valence electrons. The molecule has 9 heteroatoms. The highest BCUT2D eigenvalue weighted by atomic mass is 32.2. The third-order valence-corrected chi connectivity index (χ3v) is 7.24. The summed E-state index contributed by atoms with van der Waals surface area (Å²) in [5.41, 5.74) is 3.13. The molecule has 3 N–H and O–H groups in total. The van der Waals surface area contributed by atoms with Gasteiger partial charge in [-0.3, -0.25) is 9.59 Å². The number of carbonyl (C=O) groups excluding carboxylic acids is 2. The van der Waals surface area contributed by atoms with E-state index in [9.17, 15) is 14.9 Å². The number of methoxy groups -OCH3 is 1. The van der Waals surface area contributed by atoms with Crippen molar-refractivity contribution in [1.82, 2.24) is 5.32 Å². The fraction of sp³-hybridized carbons (Fsp3) is 0.167. The lowest BCUT2D eigenvalue weighted by molar-refractivity contribution is -0.114. The van der Waals surface area contributed by atoms with Crippen molar-refractivity contribution in [1.29, 1.82) is 5.26 Å². The molecular formula is C30H27FN4O3S. The number of halogens is 1. The van der Waals surface area contributed by atoms with Gasteiger partial charge in [-0.05, 0) is 55.8 Å². The van der Waals surface area contributed by atoms with Crippen molar-refractivity contribution >= 4 is 35.0 Å². The smallest absolute Gasteiger partial charge is 0.254 e. The summed E-state index contributed by atoms with van der Waals surface area (Å²) in [7, 11) is 1.56. The Labute approximate surface area is 230 Å². The van der Waals surface area contributed by atoms with Gasteiger partial charge in [-0.25, -0.2) is 4.39 Å². The number of hydrogen-bond acceptors (Lipinski definition) is 6. The molecule has 3 aromatic rings. The van der Waals surface area contributed by atoms with Crippen LogP contribution in [0.2, 0.25) is 0 Å². The van der Waals surface area contributed by atoms with E-state index < -0.39 is 17.6 Å². The van der Waals surface area contributed by atoms with Crippen molar-refractivity contribution in [2.45, 2.75) is 19.8 Å². The molecule has 1 heterocycles.